The van der Waals surface area contributed by atoms with Crippen LogP contribution in [0.25, 0.3) is 0 Å². The number of rotatable bonds is 5. The predicted molar refractivity (Wildman–Crippen MR) is 54.1 cm³/mol. The summed E-state index contributed by atoms with van der Waals surface area (Å²) in [6.45, 7) is 7.47. The summed E-state index contributed by atoms with van der Waals surface area (Å²) in [6.07, 6.45) is -3.53. The molecule has 0 aliphatic heterocycles. The molecule has 0 aliphatic rings. The van der Waals surface area contributed by atoms with Gasteiger partial charge < -0.3 is 4.74 Å². The van der Waals surface area contributed by atoms with Gasteiger partial charge in [0.25, 0.3) is 0 Å². The van der Waals surface area contributed by atoms with E-state index in [2.05, 4.69) is 17.9 Å². The van der Waals surface area contributed by atoms with Gasteiger partial charge in [0.15, 0.2) is 11.6 Å². The lowest BCUT2D eigenvalue weighted by atomic mass is 10.1. The van der Waals surface area contributed by atoms with Gasteiger partial charge in [-0.25, -0.2) is 8.78 Å². The first kappa shape index (κ1) is 15.4. The minimum absolute atomic E-state index is 0.0370. The molecule has 0 heterocycles. The Balaban J connectivity index is 4.54. The standard InChI is InChI=1S/C11H11F5O/c1-4-9(12)5-7(2)6-10(13)8(3)17-11(14,15)16/h4,6H,2-3,5H2,1H3/b9-4+,10-6+. The Morgan fingerprint density at radius 3 is 2.18 bits per heavy atom. The molecule has 0 rings (SSSR count). The first-order chi connectivity index (χ1) is 7.65. The quantitative estimate of drug-likeness (QED) is 0.392. The maximum absolute atomic E-state index is 13.1. The predicted octanol–water partition coefficient (Wildman–Crippen LogP) is 4.71. The van der Waals surface area contributed by atoms with Crippen LogP contribution < -0.4 is 0 Å². The van der Waals surface area contributed by atoms with Crippen molar-refractivity contribution < 1.29 is 26.7 Å². The maximum atomic E-state index is 13.1. The molecule has 0 aromatic carbocycles. The van der Waals surface area contributed by atoms with E-state index in [-0.39, 0.29) is 12.0 Å². The van der Waals surface area contributed by atoms with Gasteiger partial charge in [-0.05, 0) is 18.6 Å². The van der Waals surface area contributed by atoms with Crippen molar-refractivity contribution in [2.24, 2.45) is 0 Å². The van der Waals surface area contributed by atoms with Crippen LogP contribution in [0.3, 0.4) is 0 Å². The molecule has 0 radical (unpaired) electrons. The minimum Gasteiger partial charge on any atom is -0.403 e. The molecule has 0 bridgehead atoms. The summed E-state index contributed by atoms with van der Waals surface area (Å²) in [7, 11) is 0. The van der Waals surface area contributed by atoms with E-state index in [0.717, 1.165) is 6.08 Å². The smallest absolute Gasteiger partial charge is 0.403 e. The zero-order valence-corrected chi connectivity index (χ0v) is 9.07. The third-order valence-electron chi connectivity index (χ3n) is 1.55. The molecule has 0 saturated heterocycles. The first-order valence-corrected chi connectivity index (χ1v) is 4.46. The Kier molecular flexibility index (Phi) is 5.64. The molecule has 0 aromatic heterocycles. The Morgan fingerprint density at radius 1 is 1.24 bits per heavy atom. The van der Waals surface area contributed by atoms with Crippen LogP contribution in [0.15, 0.2) is 48.3 Å². The number of halogens is 5. The summed E-state index contributed by atoms with van der Waals surface area (Å²) < 4.78 is 64.1. The summed E-state index contributed by atoms with van der Waals surface area (Å²) in [4.78, 5) is 0. The van der Waals surface area contributed by atoms with Gasteiger partial charge in [0, 0.05) is 6.42 Å². The highest BCUT2D eigenvalue weighted by atomic mass is 19.4. The second-order valence-corrected chi connectivity index (χ2v) is 3.03. The average molecular weight is 254 g/mol. The van der Waals surface area contributed by atoms with Crippen LogP contribution in [-0.4, -0.2) is 6.36 Å². The second-order valence-electron chi connectivity index (χ2n) is 3.03. The van der Waals surface area contributed by atoms with Crippen molar-refractivity contribution in [2.75, 3.05) is 0 Å². The summed E-state index contributed by atoms with van der Waals surface area (Å²) in [6, 6.07) is 0. The van der Waals surface area contributed by atoms with Gasteiger partial charge in [0.1, 0.15) is 5.83 Å². The first-order valence-electron chi connectivity index (χ1n) is 4.46. The van der Waals surface area contributed by atoms with Crippen molar-refractivity contribution in [1.29, 1.82) is 0 Å². The fraction of sp³-hybridized carbons (Fsp3) is 0.273. The van der Waals surface area contributed by atoms with Crippen LogP contribution in [0.4, 0.5) is 22.0 Å². The van der Waals surface area contributed by atoms with Crippen LogP contribution in [0.1, 0.15) is 13.3 Å². The monoisotopic (exact) mass is 254 g/mol. The molecule has 0 aromatic rings. The fourth-order valence-electron chi connectivity index (χ4n) is 0.818. The molecule has 6 heteroatoms. The molecule has 0 aliphatic carbocycles. The molecule has 0 saturated carbocycles. The van der Waals surface area contributed by atoms with E-state index in [1.54, 1.807) is 0 Å². The van der Waals surface area contributed by atoms with Crippen LogP contribution in [0.2, 0.25) is 0 Å². The third kappa shape index (κ3) is 7.32. The molecule has 0 N–H and O–H groups in total. The molecule has 0 spiro atoms. The van der Waals surface area contributed by atoms with Crippen molar-refractivity contribution >= 4 is 0 Å². The normalized spacial score (nSPS) is 13.5. The van der Waals surface area contributed by atoms with Crippen molar-refractivity contribution in [1.82, 2.24) is 0 Å². The lowest BCUT2D eigenvalue weighted by molar-refractivity contribution is -0.304. The SMILES string of the molecule is C=C(/C=C(/F)C(=C)OC(F)(F)F)C/C(F)=C\C. The molecule has 0 amide bonds. The molecule has 0 atom stereocenters. The molecular weight excluding hydrogens is 243 g/mol. The number of hydrogen-bond donors (Lipinski definition) is 0. The highest BCUT2D eigenvalue weighted by Crippen LogP contribution is 2.25. The zero-order valence-electron chi connectivity index (χ0n) is 9.07. The van der Waals surface area contributed by atoms with Crippen molar-refractivity contribution in [3.05, 3.63) is 48.3 Å². The van der Waals surface area contributed by atoms with E-state index in [1.807, 2.05) is 0 Å². The van der Waals surface area contributed by atoms with Gasteiger partial charge in [0.2, 0.25) is 0 Å². The molecule has 0 fully saturated rings. The second kappa shape index (κ2) is 6.22. The largest absolute Gasteiger partial charge is 0.573 e. The average Bonchev–Trinajstić information content (AvgIpc) is 2.14. The third-order valence-corrected chi connectivity index (χ3v) is 1.55. The Bertz CT molecular complexity index is 363. The van der Waals surface area contributed by atoms with Gasteiger partial charge in [-0.3, -0.25) is 0 Å². The van der Waals surface area contributed by atoms with E-state index in [4.69, 9.17) is 0 Å². The summed E-state index contributed by atoms with van der Waals surface area (Å²) in [5, 5.41) is 0. The Morgan fingerprint density at radius 2 is 1.76 bits per heavy atom. The maximum Gasteiger partial charge on any atom is 0.573 e. The number of allylic oxidation sites excluding steroid dienone is 5. The Labute approximate surface area is 95.6 Å². The number of hydrogen-bond acceptors (Lipinski definition) is 1. The number of alkyl halides is 3. The molecule has 17 heavy (non-hydrogen) atoms. The van der Waals surface area contributed by atoms with Crippen LogP contribution in [-0.2, 0) is 4.74 Å². The topological polar surface area (TPSA) is 9.23 Å². The van der Waals surface area contributed by atoms with Crippen molar-refractivity contribution in [2.45, 2.75) is 19.7 Å². The van der Waals surface area contributed by atoms with E-state index < -0.39 is 23.8 Å². The van der Waals surface area contributed by atoms with Gasteiger partial charge in [-0.15, -0.1) is 13.2 Å². The van der Waals surface area contributed by atoms with E-state index >= 15 is 0 Å². The van der Waals surface area contributed by atoms with E-state index in [0.29, 0.717) is 6.08 Å². The van der Waals surface area contributed by atoms with Crippen LogP contribution >= 0.6 is 0 Å². The van der Waals surface area contributed by atoms with Crippen LogP contribution in [0.5, 0.6) is 0 Å². The van der Waals surface area contributed by atoms with Gasteiger partial charge >= 0.3 is 6.36 Å². The van der Waals surface area contributed by atoms with Gasteiger partial charge in [-0.2, -0.15) is 0 Å². The lowest BCUT2D eigenvalue weighted by Gasteiger charge is -2.09. The van der Waals surface area contributed by atoms with Crippen molar-refractivity contribution in [3.8, 4) is 0 Å². The van der Waals surface area contributed by atoms with E-state index in [9.17, 15) is 22.0 Å². The summed E-state index contributed by atoms with van der Waals surface area (Å²) >= 11 is 0. The van der Waals surface area contributed by atoms with Gasteiger partial charge in [0.05, 0.1) is 0 Å². The highest BCUT2D eigenvalue weighted by Gasteiger charge is 2.32. The summed E-state index contributed by atoms with van der Waals surface area (Å²) in [5.74, 6) is -3.11. The zero-order chi connectivity index (χ0) is 13.6. The molecular formula is C11H11F5O. The minimum atomic E-state index is -5.02. The van der Waals surface area contributed by atoms with Crippen molar-refractivity contribution in [3.63, 3.8) is 0 Å². The lowest BCUT2D eigenvalue weighted by Crippen LogP contribution is -2.12. The van der Waals surface area contributed by atoms with E-state index in [1.165, 1.54) is 6.92 Å². The molecule has 96 valence electrons. The fourth-order valence-corrected chi connectivity index (χ4v) is 0.818. The van der Waals surface area contributed by atoms with Crippen LogP contribution in [0, 0.1) is 0 Å². The highest BCUT2D eigenvalue weighted by molar-refractivity contribution is 5.28. The molecule has 1 nitrogen and oxygen atoms in total. The Hall–Kier alpha value is -1.59. The summed E-state index contributed by atoms with van der Waals surface area (Å²) in [5.41, 5.74) is -0.0370. The van der Waals surface area contributed by atoms with Gasteiger partial charge in [-0.1, -0.05) is 19.2 Å². The number of ether oxygens (including phenoxy) is 1. The molecule has 0 unspecified atom stereocenters.